The maximum absolute atomic E-state index is 13.6. The zero-order chi connectivity index (χ0) is 17.0. The molecule has 0 aliphatic carbocycles. The molecule has 0 saturated carbocycles. The highest BCUT2D eigenvalue weighted by molar-refractivity contribution is 6.04. The van der Waals surface area contributed by atoms with Gasteiger partial charge in [0.2, 0.25) is 0 Å². The minimum Gasteiger partial charge on any atom is -0.369 e. The summed E-state index contributed by atoms with van der Waals surface area (Å²) in [6, 6.07) is 11.2. The number of nitrogens with zero attached hydrogens (tertiary/aromatic N) is 1. The van der Waals surface area contributed by atoms with Crippen molar-refractivity contribution in [3.63, 3.8) is 0 Å². The molecule has 0 spiro atoms. The predicted molar refractivity (Wildman–Crippen MR) is 88.9 cm³/mol. The van der Waals surface area contributed by atoms with Crippen LogP contribution in [0.3, 0.4) is 0 Å². The molecule has 0 unspecified atom stereocenters. The molecule has 5 heteroatoms. The van der Waals surface area contributed by atoms with E-state index < -0.39 is 17.5 Å². The van der Waals surface area contributed by atoms with E-state index in [0.29, 0.717) is 11.7 Å². The Kier molecular flexibility index (Phi) is 5.32. The number of rotatable bonds is 5. The Hall–Kier alpha value is -2.43. The van der Waals surface area contributed by atoms with Crippen molar-refractivity contribution in [2.45, 2.75) is 26.8 Å². The Morgan fingerprint density at radius 1 is 1.13 bits per heavy atom. The van der Waals surface area contributed by atoms with Gasteiger partial charge in [-0.2, -0.15) is 0 Å². The lowest BCUT2D eigenvalue weighted by atomic mass is 10.1. The van der Waals surface area contributed by atoms with Gasteiger partial charge in [-0.3, -0.25) is 4.79 Å². The summed E-state index contributed by atoms with van der Waals surface area (Å²) >= 11 is 0. The molecule has 1 N–H and O–H groups in total. The highest BCUT2D eigenvalue weighted by atomic mass is 19.2. The molecule has 2 aromatic rings. The Morgan fingerprint density at radius 2 is 1.78 bits per heavy atom. The van der Waals surface area contributed by atoms with Crippen molar-refractivity contribution in [1.82, 2.24) is 0 Å². The Bertz CT molecular complexity index is 684. The second-order valence-corrected chi connectivity index (χ2v) is 5.48. The molecule has 23 heavy (non-hydrogen) atoms. The summed E-state index contributed by atoms with van der Waals surface area (Å²) in [7, 11) is 0. The van der Waals surface area contributed by atoms with E-state index in [1.54, 1.807) is 12.1 Å². The largest absolute Gasteiger partial charge is 0.369 e. The molecule has 0 saturated heterocycles. The Morgan fingerprint density at radius 3 is 2.35 bits per heavy atom. The average Bonchev–Trinajstić information content (AvgIpc) is 2.52. The van der Waals surface area contributed by atoms with E-state index in [9.17, 15) is 13.6 Å². The van der Waals surface area contributed by atoms with Gasteiger partial charge >= 0.3 is 0 Å². The molecule has 1 amide bonds. The van der Waals surface area contributed by atoms with Crippen LogP contribution in [0, 0.1) is 11.6 Å². The van der Waals surface area contributed by atoms with E-state index in [4.69, 9.17) is 0 Å². The molecule has 0 aliphatic heterocycles. The normalized spacial score (nSPS) is 10.7. The lowest BCUT2D eigenvalue weighted by Crippen LogP contribution is -2.30. The lowest BCUT2D eigenvalue weighted by Gasteiger charge is -2.27. The molecular formula is C18H20F2N2O. The predicted octanol–water partition coefficient (Wildman–Crippen LogP) is 4.45. The van der Waals surface area contributed by atoms with Gasteiger partial charge in [0.25, 0.3) is 5.91 Å². The van der Waals surface area contributed by atoms with E-state index in [2.05, 4.69) is 31.0 Å². The molecule has 0 heterocycles. The van der Waals surface area contributed by atoms with E-state index in [1.807, 2.05) is 12.1 Å². The topological polar surface area (TPSA) is 32.3 Å². The SMILES string of the molecule is CCN(c1ccc(NC(=O)c2cccc(F)c2F)cc1)C(C)C. The van der Waals surface area contributed by atoms with Crippen molar-refractivity contribution in [3.8, 4) is 0 Å². The maximum atomic E-state index is 13.6. The van der Waals surface area contributed by atoms with Gasteiger partial charge < -0.3 is 10.2 Å². The summed E-state index contributed by atoms with van der Waals surface area (Å²) < 4.78 is 26.8. The third-order valence-electron chi connectivity index (χ3n) is 3.62. The molecule has 2 rings (SSSR count). The maximum Gasteiger partial charge on any atom is 0.258 e. The van der Waals surface area contributed by atoms with Crippen LogP contribution >= 0.6 is 0 Å². The first-order valence-electron chi connectivity index (χ1n) is 7.56. The summed E-state index contributed by atoms with van der Waals surface area (Å²) in [5.74, 6) is -2.85. The second kappa shape index (κ2) is 7.22. The summed E-state index contributed by atoms with van der Waals surface area (Å²) in [6.45, 7) is 7.15. The van der Waals surface area contributed by atoms with Crippen molar-refractivity contribution < 1.29 is 13.6 Å². The van der Waals surface area contributed by atoms with Gasteiger partial charge in [-0.1, -0.05) is 6.07 Å². The fraction of sp³-hybridized carbons (Fsp3) is 0.278. The summed E-state index contributed by atoms with van der Waals surface area (Å²) in [5, 5.41) is 2.58. The van der Waals surface area contributed by atoms with Crippen LogP contribution in [0.5, 0.6) is 0 Å². The van der Waals surface area contributed by atoms with E-state index in [0.717, 1.165) is 18.3 Å². The summed E-state index contributed by atoms with van der Waals surface area (Å²) in [6.07, 6.45) is 0. The van der Waals surface area contributed by atoms with E-state index >= 15 is 0 Å². The first-order valence-corrected chi connectivity index (χ1v) is 7.56. The molecule has 0 aliphatic rings. The molecule has 122 valence electrons. The highest BCUT2D eigenvalue weighted by Crippen LogP contribution is 2.21. The average molecular weight is 318 g/mol. The van der Waals surface area contributed by atoms with Crippen LogP contribution in [0.15, 0.2) is 42.5 Å². The first kappa shape index (κ1) is 16.9. The van der Waals surface area contributed by atoms with Crippen molar-refractivity contribution in [1.29, 1.82) is 0 Å². The van der Waals surface area contributed by atoms with E-state index in [1.165, 1.54) is 12.1 Å². The van der Waals surface area contributed by atoms with Gasteiger partial charge in [0.1, 0.15) is 0 Å². The number of halogens is 2. The zero-order valence-corrected chi connectivity index (χ0v) is 13.4. The van der Waals surface area contributed by atoms with Gasteiger partial charge in [-0.05, 0) is 57.2 Å². The Labute approximate surface area is 134 Å². The van der Waals surface area contributed by atoms with Gasteiger partial charge in [-0.15, -0.1) is 0 Å². The molecule has 0 radical (unpaired) electrons. The van der Waals surface area contributed by atoms with Crippen LogP contribution in [-0.2, 0) is 0 Å². The quantitative estimate of drug-likeness (QED) is 0.883. The van der Waals surface area contributed by atoms with Crippen LogP contribution in [0.4, 0.5) is 20.2 Å². The van der Waals surface area contributed by atoms with Crippen LogP contribution in [-0.4, -0.2) is 18.5 Å². The second-order valence-electron chi connectivity index (χ2n) is 5.48. The molecule has 3 nitrogen and oxygen atoms in total. The molecule has 0 atom stereocenters. The van der Waals surface area contributed by atoms with Crippen LogP contribution in [0.2, 0.25) is 0 Å². The molecule has 2 aromatic carbocycles. The Balaban J connectivity index is 2.15. The standard InChI is InChI=1S/C18H20F2N2O/c1-4-22(12(2)3)14-10-8-13(9-11-14)21-18(23)15-6-5-7-16(19)17(15)20/h5-12H,4H2,1-3H3,(H,21,23). The van der Waals surface area contributed by atoms with Crippen molar-refractivity contribution in [3.05, 3.63) is 59.7 Å². The fourth-order valence-corrected chi connectivity index (χ4v) is 2.46. The summed E-state index contributed by atoms with van der Waals surface area (Å²) in [5.41, 5.74) is 1.26. The fourth-order valence-electron chi connectivity index (χ4n) is 2.46. The van der Waals surface area contributed by atoms with E-state index in [-0.39, 0.29) is 5.56 Å². The minimum atomic E-state index is -1.14. The number of anilines is 2. The molecule has 0 aromatic heterocycles. The smallest absolute Gasteiger partial charge is 0.258 e. The number of nitrogens with one attached hydrogen (secondary N) is 1. The van der Waals surface area contributed by atoms with Crippen molar-refractivity contribution >= 4 is 17.3 Å². The third-order valence-corrected chi connectivity index (χ3v) is 3.62. The molecule has 0 bridgehead atoms. The number of carbonyl (C=O) groups excluding carboxylic acids is 1. The zero-order valence-electron chi connectivity index (χ0n) is 13.4. The number of hydrogen-bond donors (Lipinski definition) is 1. The number of hydrogen-bond acceptors (Lipinski definition) is 2. The van der Waals surface area contributed by atoms with Gasteiger partial charge in [0.15, 0.2) is 11.6 Å². The number of benzene rings is 2. The molecule has 0 fully saturated rings. The lowest BCUT2D eigenvalue weighted by molar-refractivity contribution is 0.102. The minimum absolute atomic E-state index is 0.313. The molecular weight excluding hydrogens is 298 g/mol. The van der Waals surface area contributed by atoms with Crippen LogP contribution < -0.4 is 10.2 Å². The van der Waals surface area contributed by atoms with Gasteiger partial charge in [-0.25, -0.2) is 8.78 Å². The number of amides is 1. The number of carbonyl (C=O) groups is 1. The van der Waals surface area contributed by atoms with Crippen LogP contribution in [0.25, 0.3) is 0 Å². The van der Waals surface area contributed by atoms with Crippen molar-refractivity contribution in [2.24, 2.45) is 0 Å². The van der Waals surface area contributed by atoms with Crippen molar-refractivity contribution in [2.75, 3.05) is 16.8 Å². The third kappa shape index (κ3) is 3.86. The van der Waals surface area contributed by atoms with Crippen LogP contribution in [0.1, 0.15) is 31.1 Å². The summed E-state index contributed by atoms with van der Waals surface area (Å²) in [4.78, 5) is 14.2. The van der Waals surface area contributed by atoms with Gasteiger partial charge in [0.05, 0.1) is 5.56 Å². The van der Waals surface area contributed by atoms with Gasteiger partial charge in [0, 0.05) is 24.0 Å². The monoisotopic (exact) mass is 318 g/mol. The first-order chi connectivity index (χ1) is 10.9. The highest BCUT2D eigenvalue weighted by Gasteiger charge is 2.15.